The smallest absolute Gasteiger partial charge is 0.453 e. The lowest BCUT2D eigenvalue weighted by atomic mass is 9.72. The lowest BCUT2D eigenvalue weighted by Gasteiger charge is -2.44. The largest absolute Gasteiger partial charge is 0.530 e. The fourth-order valence-corrected chi connectivity index (χ4v) is 5.73. The van der Waals surface area contributed by atoms with Crippen LogP contribution in [0.4, 0.5) is 0 Å². The number of rotatable bonds is 10. The van der Waals surface area contributed by atoms with Gasteiger partial charge in [0.15, 0.2) is 11.5 Å². The van der Waals surface area contributed by atoms with Crippen molar-refractivity contribution in [1.82, 2.24) is 5.32 Å². The summed E-state index contributed by atoms with van der Waals surface area (Å²) in [7, 11) is -4.13. The highest BCUT2D eigenvalue weighted by Crippen LogP contribution is 2.57. The van der Waals surface area contributed by atoms with E-state index >= 15 is 0 Å². The van der Waals surface area contributed by atoms with Gasteiger partial charge in [-0.2, -0.15) is 0 Å². The number of nitrogens with one attached hydrogen (secondary N) is 1. The van der Waals surface area contributed by atoms with Crippen LogP contribution in [-0.2, 0) is 13.6 Å². The quantitative estimate of drug-likeness (QED) is 0.277. The molecule has 0 bridgehead atoms. The third kappa shape index (κ3) is 4.78. The van der Waals surface area contributed by atoms with Gasteiger partial charge in [-0.3, -0.25) is 13.8 Å². The third-order valence-electron chi connectivity index (χ3n) is 6.31. The molecule has 34 heavy (non-hydrogen) atoms. The summed E-state index contributed by atoms with van der Waals surface area (Å²) >= 11 is 0. The highest BCUT2D eigenvalue weighted by Gasteiger charge is 2.50. The standard InChI is InChI=1S/C22H32NO10P/c1-3-5-7-31-34(28,32-8-6-4-2)33-21-16-12(10-15-20(21)30-11-29-15)13-9-14(24)18(25)19(26)17(13)23-22(16)27/h10,13-14,17-19,24-26H,3-9,11H2,1-2H3,(H,23,27)/t13-,14+,17-,18-,19+/m1/s1. The number of benzene rings is 1. The summed E-state index contributed by atoms with van der Waals surface area (Å²) in [5.41, 5.74) is 0.464. The van der Waals surface area contributed by atoms with Gasteiger partial charge in [0.1, 0.15) is 12.2 Å². The molecule has 2 aliphatic heterocycles. The van der Waals surface area contributed by atoms with E-state index in [0.717, 1.165) is 12.8 Å². The monoisotopic (exact) mass is 501 g/mol. The molecule has 0 unspecified atom stereocenters. The first-order valence-electron chi connectivity index (χ1n) is 11.7. The summed E-state index contributed by atoms with van der Waals surface area (Å²) < 4.78 is 41.5. The maximum Gasteiger partial charge on any atom is 0.530 e. The van der Waals surface area contributed by atoms with E-state index < -0.39 is 44.0 Å². The predicted octanol–water partition coefficient (Wildman–Crippen LogP) is 2.22. The number of phosphoric ester groups is 1. The van der Waals surface area contributed by atoms with E-state index in [1.807, 2.05) is 13.8 Å². The number of fused-ring (bicyclic) bond motifs is 4. The molecule has 1 aliphatic carbocycles. The van der Waals surface area contributed by atoms with Crippen LogP contribution in [0.15, 0.2) is 6.07 Å². The number of unbranched alkanes of at least 4 members (excludes halogenated alkanes) is 2. The van der Waals surface area contributed by atoms with E-state index in [-0.39, 0.29) is 49.2 Å². The average Bonchev–Trinajstić information content (AvgIpc) is 3.28. The van der Waals surface area contributed by atoms with Gasteiger partial charge in [-0.05, 0) is 30.9 Å². The summed E-state index contributed by atoms with van der Waals surface area (Å²) in [5, 5.41) is 33.5. The molecule has 0 aromatic heterocycles. The molecule has 1 fully saturated rings. The van der Waals surface area contributed by atoms with Crippen molar-refractivity contribution in [3.8, 4) is 17.2 Å². The summed E-state index contributed by atoms with van der Waals surface area (Å²) in [6, 6.07) is 0.763. The molecule has 11 nitrogen and oxygen atoms in total. The molecule has 3 aliphatic rings. The van der Waals surface area contributed by atoms with Gasteiger partial charge in [0.05, 0.1) is 30.9 Å². The first kappa shape index (κ1) is 25.2. The minimum absolute atomic E-state index is 0.0414. The van der Waals surface area contributed by atoms with Crippen LogP contribution in [0.3, 0.4) is 0 Å². The minimum Gasteiger partial charge on any atom is -0.453 e. The summed E-state index contributed by atoms with van der Waals surface area (Å²) in [4.78, 5) is 13.2. The number of ether oxygens (including phenoxy) is 2. The molecule has 5 atom stereocenters. The molecule has 0 saturated heterocycles. The second-order valence-corrected chi connectivity index (χ2v) is 10.3. The second-order valence-electron chi connectivity index (χ2n) is 8.71. The Hall–Kier alpha value is -1.88. The molecule has 1 aromatic carbocycles. The highest BCUT2D eigenvalue weighted by molar-refractivity contribution is 7.48. The Morgan fingerprint density at radius 2 is 1.76 bits per heavy atom. The lowest BCUT2D eigenvalue weighted by molar-refractivity contribution is -0.104. The second kappa shape index (κ2) is 10.4. The van der Waals surface area contributed by atoms with Gasteiger partial charge >= 0.3 is 7.82 Å². The van der Waals surface area contributed by atoms with Crippen LogP contribution < -0.4 is 19.3 Å². The van der Waals surface area contributed by atoms with Gasteiger partial charge < -0.3 is 34.6 Å². The van der Waals surface area contributed by atoms with Crippen LogP contribution in [0.5, 0.6) is 17.2 Å². The Labute approximate surface area is 197 Å². The van der Waals surface area contributed by atoms with Crippen molar-refractivity contribution in [2.45, 2.75) is 76.2 Å². The van der Waals surface area contributed by atoms with Crippen LogP contribution in [0.1, 0.15) is 67.8 Å². The first-order chi connectivity index (χ1) is 16.3. The molecular formula is C22H32NO10P. The highest BCUT2D eigenvalue weighted by atomic mass is 31.2. The minimum atomic E-state index is -4.13. The SMILES string of the molecule is CCCCOP(=O)(OCCCC)Oc1c2c(cc3c1C(=O)N[C@H]1[C@H](O)[C@H](O)[C@@H](O)C[C@H]31)OCO2. The molecule has 12 heteroatoms. The third-order valence-corrected chi connectivity index (χ3v) is 7.72. The molecule has 0 radical (unpaired) electrons. The van der Waals surface area contributed by atoms with Crippen molar-refractivity contribution in [1.29, 1.82) is 0 Å². The van der Waals surface area contributed by atoms with Gasteiger partial charge in [-0.1, -0.05) is 26.7 Å². The number of carbonyl (C=O) groups excluding carboxylic acids is 1. The molecule has 190 valence electrons. The zero-order valence-corrected chi connectivity index (χ0v) is 20.2. The van der Waals surface area contributed by atoms with E-state index in [1.54, 1.807) is 6.07 Å². The zero-order chi connectivity index (χ0) is 24.5. The lowest BCUT2D eigenvalue weighted by Crippen LogP contribution is -2.61. The van der Waals surface area contributed by atoms with Gasteiger partial charge in [0.25, 0.3) is 5.91 Å². The zero-order valence-electron chi connectivity index (χ0n) is 19.3. The van der Waals surface area contributed by atoms with Gasteiger partial charge in [-0.25, -0.2) is 4.57 Å². The first-order valence-corrected chi connectivity index (χ1v) is 13.2. The molecule has 1 amide bonds. The summed E-state index contributed by atoms with van der Waals surface area (Å²) in [6.45, 7) is 4.07. The van der Waals surface area contributed by atoms with E-state index in [2.05, 4.69) is 5.32 Å². The van der Waals surface area contributed by atoms with Gasteiger partial charge in [0, 0.05) is 5.92 Å². The van der Waals surface area contributed by atoms with E-state index in [9.17, 15) is 24.7 Å². The van der Waals surface area contributed by atoms with Crippen LogP contribution in [-0.4, -0.2) is 65.6 Å². The Kier molecular flexibility index (Phi) is 7.71. The van der Waals surface area contributed by atoms with Crippen molar-refractivity contribution >= 4 is 13.7 Å². The normalized spacial score (nSPS) is 27.7. The van der Waals surface area contributed by atoms with Crippen LogP contribution in [0.25, 0.3) is 0 Å². The van der Waals surface area contributed by atoms with Gasteiger partial charge in [0.2, 0.25) is 12.5 Å². The van der Waals surface area contributed by atoms with Crippen molar-refractivity contribution in [3.05, 3.63) is 17.2 Å². The van der Waals surface area contributed by atoms with Crippen LogP contribution in [0, 0.1) is 0 Å². The maximum absolute atomic E-state index is 13.5. The van der Waals surface area contributed by atoms with Crippen molar-refractivity contribution in [3.63, 3.8) is 0 Å². The van der Waals surface area contributed by atoms with Crippen LogP contribution in [0.2, 0.25) is 0 Å². The Morgan fingerprint density at radius 3 is 2.41 bits per heavy atom. The Bertz CT molecular complexity index is 942. The maximum atomic E-state index is 13.5. The average molecular weight is 501 g/mol. The fraction of sp³-hybridized carbons (Fsp3) is 0.682. The topological polar surface area (TPSA) is 153 Å². The molecule has 1 aromatic rings. The Balaban J connectivity index is 1.75. The summed E-state index contributed by atoms with van der Waals surface area (Å²) in [6.07, 6.45) is -1.00. The van der Waals surface area contributed by atoms with E-state index in [1.165, 1.54) is 0 Å². The van der Waals surface area contributed by atoms with Gasteiger partial charge in [-0.15, -0.1) is 0 Å². The number of hydrogen-bond acceptors (Lipinski definition) is 10. The molecule has 0 spiro atoms. The van der Waals surface area contributed by atoms with Crippen molar-refractivity contribution < 1.29 is 47.7 Å². The van der Waals surface area contributed by atoms with E-state index in [0.29, 0.717) is 18.4 Å². The molecule has 4 rings (SSSR count). The van der Waals surface area contributed by atoms with Crippen molar-refractivity contribution in [2.24, 2.45) is 0 Å². The van der Waals surface area contributed by atoms with E-state index in [4.69, 9.17) is 23.0 Å². The summed E-state index contributed by atoms with van der Waals surface area (Å²) in [5.74, 6) is -0.929. The number of hydrogen-bond donors (Lipinski definition) is 4. The Morgan fingerprint density at radius 1 is 1.09 bits per heavy atom. The number of carbonyl (C=O) groups is 1. The fourth-order valence-electron chi connectivity index (χ4n) is 4.44. The molecular weight excluding hydrogens is 469 g/mol. The molecule has 4 N–H and O–H groups in total. The number of aliphatic hydroxyl groups excluding tert-OH is 3. The molecule has 2 heterocycles. The molecule has 1 saturated carbocycles. The predicted molar refractivity (Wildman–Crippen MR) is 119 cm³/mol. The number of amides is 1. The van der Waals surface area contributed by atoms with Crippen LogP contribution >= 0.6 is 7.82 Å². The van der Waals surface area contributed by atoms with Crippen molar-refractivity contribution in [2.75, 3.05) is 20.0 Å². The number of phosphoric acid groups is 1. The number of aliphatic hydroxyl groups is 3.